The van der Waals surface area contributed by atoms with Gasteiger partial charge in [-0.25, -0.2) is 8.42 Å². The zero-order valence-electron chi connectivity index (χ0n) is 20.9. The quantitative estimate of drug-likeness (QED) is 0.494. The van der Waals surface area contributed by atoms with Gasteiger partial charge in [-0.1, -0.05) is 60.5 Å². The van der Waals surface area contributed by atoms with Gasteiger partial charge < -0.3 is 10.2 Å². The van der Waals surface area contributed by atoms with Crippen molar-refractivity contribution in [3.63, 3.8) is 0 Å². The topological polar surface area (TPSA) is 86.8 Å². The molecule has 0 saturated heterocycles. The van der Waals surface area contributed by atoms with Crippen molar-refractivity contribution in [1.29, 1.82) is 0 Å². The fraction of sp³-hybridized carbons (Fsp3) is 0.440. The summed E-state index contributed by atoms with van der Waals surface area (Å²) >= 11 is 12.4. The smallest absolute Gasteiger partial charge is 0.244 e. The lowest BCUT2D eigenvalue weighted by Crippen LogP contribution is -2.55. The summed E-state index contributed by atoms with van der Waals surface area (Å²) < 4.78 is 26.3. The molecule has 2 amide bonds. The summed E-state index contributed by atoms with van der Waals surface area (Å²) in [4.78, 5) is 28.3. The van der Waals surface area contributed by atoms with Crippen LogP contribution in [0.2, 0.25) is 10.0 Å². The third-order valence-electron chi connectivity index (χ3n) is 5.37. The van der Waals surface area contributed by atoms with Gasteiger partial charge >= 0.3 is 0 Å². The average Bonchev–Trinajstić information content (AvgIpc) is 2.73. The summed E-state index contributed by atoms with van der Waals surface area (Å²) in [6, 6.07) is 11.3. The van der Waals surface area contributed by atoms with Crippen LogP contribution in [-0.4, -0.2) is 49.5 Å². The molecular weight excluding hydrogens is 509 g/mol. The van der Waals surface area contributed by atoms with Gasteiger partial charge in [0, 0.05) is 12.1 Å². The SMILES string of the molecule is CC[C@H](C(=O)NC(C)(C)C)N(Cc1ccccc1C)C(=O)CN(c1cccc(Cl)c1Cl)S(C)(=O)=O. The van der Waals surface area contributed by atoms with Crippen LogP contribution in [0.1, 0.15) is 45.2 Å². The van der Waals surface area contributed by atoms with Crippen LogP contribution in [0, 0.1) is 6.92 Å². The third-order valence-corrected chi connectivity index (χ3v) is 7.30. The Bertz CT molecular complexity index is 1180. The summed E-state index contributed by atoms with van der Waals surface area (Å²) in [5.41, 5.74) is 1.40. The highest BCUT2D eigenvalue weighted by Gasteiger charge is 2.33. The minimum absolute atomic E-state index is 0.0235. The molecule has 0 unspecified atom stereocenters. The Balaban J connectivity index is 2.52. The van der Waals surface area contributed by atoms with E-state index in [1.165, 1.54) is 17.0 Å². The van der Waals surface area contributed by atoms with E-state index in [1.54, 1.807) is 6.07 Å². The molecule has 0 aliphatic rings. The molecule has 0 fully saturated rings. The minimum atomic E-state index is -3.91. The molecule has 1 N–H and O–H groups in total. The summed E-state index contributed by atoms with van der Waals surface area (Å²) in [5.74, 6) is -0.848. The Morgan fingerprint density at radius 2 is 1.69 bits per heavy atom. The van der Waals surface area contributed by atoms with Crippen LogP contribution in [0.3, 0.4) is 0 Å². The summed E-state index contributed by atoms with van der Waals surface area (Å²) in [6.45, 7) is 8.91. The Hall–Kier alpha value is -2.29. The Morgan fingerprint density at radius 1 is 1.06 bits per heavy atom. The van der Waals surface area contributed by atoms with E-state index in [0.29, 0.717) is 6.42 Å². The van der Waals surface area contributed by atoms with Gasteiger partial charge in [-0.05, 0) is 57.4 Å². The van der Waals surface area contributed by atoms with E-state index >= 15 is 0 Å². The lowest BCUT2D eigenvalue weighted by molar-refractivity contribution is -0.141. The molecule has 2 rings (SSSR count). The molecule has 0 radical (unpaired) electrons. The summed E-state index contributed by atoms with van der Waals surface area (Å²) in [5, 5.41) is 3.12. The second kappa shape index (κ2) is 11.6. The molecule has 0 saturated carbocycles. The molecule has 7 nitrogen and oxygen atoms in total. The fourth-order valence-corrected chi connectivity index (χ4v) is 4.93. The lowest BCUT2D eigenvalue weighted by Gasteiger charge is -2.35. The first-order valence-electron chi connectivity index (χ1n) is 11.2. The zero-order valence-corrected chi connectivity index (χ0v) is 23.3. The van der Waals surface area contributed by atoms with Crippen LogP contribution >= 0.6 is 23.2 Å². The Kier molecular flexibility index (Phi) is 9.62. The largest absolute Gasteiger partial charge is 0.350 e. The van der Waals surface area contributed by atoms with Crippen molar-refractivity contribution >= 4 is 50.7 Å². The molecule has 0 spiro atoms. The summed E-state index contributed by atoms with van der Waals surface area (Å²) in [6.07, 6.45) is 1.34. The predicted molar refractivity (Wildman–Crippen MR) is 142 cm³/mol. The molecule has 2 aromatic rings. The number of rotatable bonds is 9. The Morgan fingerprint density at radius 3 is 2.23 bits per heavy atom. The van der Waals surface area contributed by atoms with E-state index in [2.05, 4.69) is 5.32 Å². The van der Waals surface area contributed by atoms with E-state index < -0.39 is 34.1 Å². The van der Waals surface area contributed by atoms with Crippen molar-refractivity contribution < 1.29 is 18.0 Å². The van der Waals surface area contributed by atoms with E-state index in [0.717, 1.165) is 21.7 Å². The normalized spacial score (nSPS) is 12.7. The maximum absolute atomic E-state index is 13.7. The summed E-state index contributed by atoms with van der Waals surface area (Å²) in [7, 11) is -3.91. The van der Waals surface area contributed by atoms with E-state index in [1.807, 2.05) is 58.9 Å². The molecule has 0 aromatic heterocycles. The first-order valence-corrected chi connectivity index (χ1v) is 13.8. The molecular formula is C25H33Cl2N3O4S. The highest BCUT2D eigenvalue weighted by molar-refractivity contribution is 7.92. The van der Waals surface area contributed by atoms with Crippen molar-refractivity contribution in [2.45, 2.75) is 59.2 Å². The number of hydrogen-bond donors (Lipinski definition) is 1. The standard InChI is InChI=1S/C25H33Cl2N3O4S/c1-7-20(24(32)28-25(3,4)5)29(15-18-12-9-8-11-17(18)2)22(31)16-30(35(6,33)34)21-14-10-13-19(26)23(21)27/h8-14,20H,7,15-16H2,1-6H3,(H,28,32)/t20-/m1/s1. The van der Waals surface area contributed by atoms with Gasteiger partial charge in [0.25, 0.3) is 0 Å². The molecule has 0 bridgehead atoms. The number of benzene rings is 2. The molecule has 0 aliphatic carbocycles. The highest BCUT2D eigenvalue weighted by Crippen LogP contribution is 2.33. The number of nitrogens with one attached hydrogen (secondary N) is 1. The second-order valence-corrected chi connectivity index (χ2v) is 12.1. The number of sulfonamides is 1. The average molecular weight is 543 g/mol. The first-order chi connectivity index (χ1) is 16.2. The van der Waals surface area contributed by atoms with Crippen molar-refractivity contribution in [3.8, 4) is 0 Å². The number of hydrogen-bond acceptors (Lipinski definition) is 4. The van der Waals surface area contributed by atoms with E-state index in [4.69, 9.17) is 23.2 Å². The minimum Gasteiger partial charge on any atom is -0.350 e. The van der Waals surface area contributed by atoms with Crippen molar-refractivity contribution in [2.24, 2.45) is 0 Å². The number of halogens is 2. The van der Waals surface area contributed by atoms with Crippen molar-refractivity contribution in [2.75, 3.05) is 17.1 Å². The number of nitrogens with zero attached hydrogens (tertiary/aromatic N) is 2. The zero-order chi connectivity index (χ0) is 26.6. The van der Waals surface area contributed by atoms with Gasteiger partial charge in [-0.15, -0.1) is 0 Å². The Labute approximate surface area is 218 Å². The van der Waals surface area contributed by atoms with Gasteiger partial charge in [0.1, 0.15) is 12.6 Å². The van der Waals surface area contributed by atoms with Crippen LogP contribution < -0.4 is 9.62 Å². The molecule has 192 valence electrons. The van der Waals surface area contributed by atoms with E-state index in [-0.39, 0.29) is 28.2 Å². The maximum Gasteiger partial charge on any atom is 0.244 e. The third kappa shape index (κ3) is 7.85. The van der Waals surface area contributed by atoms with Gasteiger partial charge in [-0.3, -0.25) is 13.9 Å². The van der Waals surface area contributed by atoms with Crippen molar-refractivity contribution in [1.82, 2.24) is 10.2 Å². The van der Waals surface area contributed by atoms with Gasteiger partial charge in [0.05, 0.1) is 22.0 Å². The van der Waals surface area contributed by atoms with Crippen LogP contribution in [0.25, 0.3) is 0 Å². The van der Waals surface area contributed by atoms with E-state index in [9.17, 15) is 18.0 Å². The monoisotopic (exact) mass is 541 g/mol. The van der Waals surface area contributed by atoms with Crippen LogP contribution in [-0.2, 0) is 26.2 Å². The number of aryl methyl sites for hydroxylation is 1. The molecule has 0 heterocycles. The molecule has 35 heavy (non-hydrogen) atoms. The van der Waals surface area contributed by atoms with Gasteiger partial charge in [0.15, 0.2) is 0 Å². The maximum atomic E-state index is 13.7. The van der Waals surface area contributed by atoms with Gasteiger partial charge in [0.2, 0.25) is 21.8 Å². The second-order valence-electron chi connectivity index (χ2n) is 9.45. The fourth-order valence-electron chi connectivity index (χ4n) is 3.62. The van der Waals surface area contributed by atoms with Crippen LogP contribution in [0.4, 0.5) is 5.69 Å². The molecule has 0 aliphatic heterocycles. The van der Waals surface area contributed by atoms with Crippen LogP contribution in [0.5, 0.6) is 0 Å². The number of carbonyl (C=O) groups is 2. The highest BCUT2D eigenvalue weighted by atomic mass is 35.5. The molecule has 10 heteroatoms. The number of carbonyl (C=O) groups excluding carboxylic acids is 2. The lowest BCUT2D eigenvalue weighted by atomic mass is 10.0. The molecule has 1 atom stereocenters. The van der Waals surface area contributed by atoms with Crippen molar-refractivity contribution in [3.05, 3.63) is 63.6 Å². The predicted octanol–water partition coefficient (Wildman–Crippen LogP) is 4.79. The van der Waals surface area contributed by atoms with Crippen LogP contribution in [0.15, 0.2) is 42.5 Å². The first kappa shape index (κ1) is 28.9. The molecule has 2 aromatic carbocycles. The van der Waals surface area contributed by atoms with Gasteiger partial charge in [-0.2, -0.15) is 0 Å². The number of amides is 2. The number of anilines is 1.